The van der Waals surface area contributed by atoms with Gasteiger partial charge in [0.15, 0.2) is 4.34 Å². The smallest absolute Gasteiger partial charge is 0.150 e. The second-order valence-electron chi connectivity index (χ2n) is 4.79. The highest BCUT2D eigenvalue weighted by Crippen LogP contribution is 2.32. The molecule has 21 heavy (non-hydrogen) atoms. The first kappa shape index (κ1) is 14.2. The molecule has 0 saturated carbocycles. The van der Waals surface area contributed by atoms with Crippen molar-refractivity contribution < 1.29 is 5.11 Å². The summed E-state index contributed by atoms with van der Waals surface area (Å²) in [6.07, 6.45) is 2.04. The molecule has 3 aromatic rings. The molecule has 108 valence electrons. The highest BCUT2D eigenvalue weighted by molar-refractivity contribution is 8.00. The molecule has 1 atom stereocenters. The van der Waals surface area contributed by atoms with Gasteiger partial charge in [-0.25, -0.2) is 4.98 Å². The van der Waals surface area contributed by atoms with E-state index in [1.54, 1.807) is 29.2 Å². The fourth-order valence-corrected chi connectivity index (χ4v) is 3.79. The number of fused-ring (bicyclic) bond motifs is 1. The number of anilines is 1. The number of hydrogen-bond donors (Lipinski definition) is 2. The zero-order chi connectivity index (χ0) is 14.8. The van der Waals surface area contributed by atoms with Gasteiger partial charge in [0.05, 0.1) is 16.3 Å². The number of benzene rings is 2. The first-order chi connectivity index (χ1) is 10.2. The van der Waals surface area contributed by atoms with E-state index >= 15 is 0 Å². The van der Waals surface area contributed by atoms with Gasteiger partial charge in [0.25, 0.3) is 0 Å². The lowest BCUT2D eigenvalue weighted by molar-refractivity contribution is 0.465. The summed E-state index contributed by atoms with van der Waals surface area (Å²) in [7, 11) is 0. The molecule has 3 nitrogen and oxygen atoms in total. The molecular formula is C16H16N2OS2. The number of hydrogen-bond acceptors (Lipinski definition) is 5. The van der Waals surface area contributed by atoms with Crippen molar-refractivity contribution in [2.75, 3.05) is 11.6 Å². The normalized spacial score (nSPS) is 12.5. The summed E-state index contributed by atoms with van der Waals surface area (Å²) in [4.78, 5) is 4.54. The fourth-order valence-electron chi connectivity index (χ4n) is 2.26. The van der Waals surface area contributed by atoms with Gasteiger partial charge < -0.3 is 10.4 Å². The number of phenols is 1. The average Bonchev–Trinajstić information content (AvgIpc) is 2.90. The molecule has 0 aliphatic heterocycles. The van der Waals surface area contributed by atoms with E-state index in [0.29, 0.717) is 5.75 Å². The van der Waals surface area contributed by atoms with Crippen molar-refractivity contribution in [3.05, 3.63) is 48.0 Å². The second kappa shape index (κ2) is 5.95. The molecule has 3 rings (SSSR count). The Morgan fingerprint density at radius 1 is 1.24 bits per heavy atom. The maximum Gasteiger partial charge on any atom is 0.150 e. The van der Waals surface area contributed by atoms with E-state index in [2.05, 4.69) is 16.4 Å². The molecule has 2 N–H and O–H groups in total. The third-order valence-electron chi connectivity index (χ3n) is 3.33. The van der Waals surface area contributed by atoms with E-state index in [-0.39, 0.29) is 6.04 Å². The Morgan fingerprint density at radius 2 is 2.05 bits per heavy atom. The zero-order valence-corrected chi connectivity index (χ0v) is 13.5. The molecule has 0 spiro atoms. The number of phenolic OH excluding ortho intramolecular Hbond substituents is 1. The van der Waals surface area contributed by atoms with E-state index in [1.807, 2.05) is 43.5 Å². The van der Waals surface area contributed by atoms with Gasteiger partial charge in [-0.1, -0.05) is 30.0 Å². The molecule has 1 heterocycles. The minimum atomic E-state index is 0.0385. The number of aromatic nitrogens is 1. The van der Waals surface area contributed by atoms with Gasteiger partial charge in [0, 0.05) is 11.3 Å². The van der Waals surface area contributed by atoms with E-state index in [4.69, 9.17) is 0 Å². The van der Waals surface area contributed by atoms with E-state index in [1.165, 1.54) is 4.70 Å². The van der Waals surface area contributed by atoms with Crippen LogP contribution in [-0.4, -0.2) is 16.3 Å². The number of thioether (sulfide) groups is 1. The van der Waals surface area contributed by atoms with E-state index in [0.717, 1.165) is 21.1 Å². The van der Waals surface area contributed by atoms with Gasteiger partial charge >= 0.3 is 0 Å². The van der Waals surface area contributed by atoms with E-state index in [9.17, 15) is 5.11 Å². The number of nitrogens with zero attached hydrogens (tertiary/aromatic N) is 1. The predicted octanol–water partition coefficient (Wildman–Crippen LogP) is 4.90. The summed E-state index contributed by atoms with van der Waals surface area (Å²) in [5, 5.41) is 13.3. The highest BCUT2D eigenvalue weighted by Gasteiger charge is 2.10. The van der Waals surface area contributed by atoms with Crippen LogP contribution in [0.3, 0.4) is 0 Å². The number of rotatable bonds is 4. The van der Waals surface area contributed by atoms with Crippen molar-refractivity contribution >= 4 is 39.0 Å². The fraction of sp³-hybridized carbons (Fsp3) is 0.188. The van der Waals surface area contributed by atoms with Crippen molar-refractivity contribution in [1.82, 2.24) is 4.98 Å². The van der Waals surface area contributed by atoms with Crippen molar-refractivity contribution in [3.63, 3.8) is 0 Å². The van der Waals surface area contributed by atoms with Crippen molar-refractivity contribution in [2.45, 2.75) is 17.3 Å². The molecule has 5 heteroatoms. The maximum absolute atomic E-state index is 9.92. The summed E-state index contributed by atoms with van der Waals surface area (Å²) in [5.74, 6) is 0.320. The monoisotopic (exact) mass is 316 g/mol. The molecule has 2 aromatic carbocycles. The van der Waals surface area contributed by atoms with Crippen LogP contribution in [0.1, 0.15) is 18.5 Å². The van der Waals surface area contributed by atoms with Crippen LogP contribution in [0.5, 0.6) is 5.75 Å². The second-order valence-corrected chi connectivity index (χ2v) is 6.88. The predicted molar refractivity (Wildman–Crippen MR) is 91.5 cm³/mol. The first-order valence-corrected chi connectivity index (χ1v) is 8.70. The average molecular weight is 316 g/mol. The Kier molecular flexibility index (Phi) is 4.03. The third-order valence-corrected chi connectivity index (χ3v) is 5.33. The molecule has 0 aliphatic carbocycles. The van der Waals surface area contributed by atoms with Crippen LogP contribution in [-0.2, 0) is 0 Å². The van der Waals surface area contributed by atoms with E-state index < -0.39 is 0 Å². The SMILES string of the molecule is CSc1nc2ccc(NC(C)c3ccccc3O)cc2s1. The molecule has 1 unspecified atom stereocenters. The van der Waals surface area contributed by atoms with Crippen LogP contribution >= 0.6 is 23.1 Å². The first-order valence-electron chi connectivity index (χ1n) is 6.66. The number of thiazole rings is 1. The lowest BCUT2D eigenvalue weighted by Gasteiger charge is -2.16. The van der Waals surface area contributed by atoms with Gasteiger partial charge in [-0.2, -0.15) is 0 Å². The number of nitrogens with one attached hydrogen (secondary N) is 1. The Balaban J connectivity index is 1.86. The molecule has 0 radical (unpaired) electrons. The number of aromatic hydroxyl groups is 1. The number of para-hydroxylation sites is 1. The Morgan fingerprint density at radius 3 is 2.81 bits per heavy atom. The van der Waals surface area contributed by atoms with Gasteiger partial charge in [-0.05, 0) is 37.4 Å². The van der Waals surface area contributed by atoms with Crippen molar-refractivity contribution in [3.8, 4) is 5.75 Å². The van der Waals surface area contributed by atoms with Crippen LogP contribution in [0, 0.1) is 0 Å². The maximum atomic E-state index is 9.92. The lowest BCUT2D eigenvalue weighted by atomic mass is 10.1. The minimum Gasteiger partial charge on any atom is -0.508 e. The molecule has 0 amide bonds. The standard InChI is InChI=1S/C16H16N2OS2/c1-10(12-5-3-4-6-14(12)19)17-11-7-8-13-15(9-11)21-16(18-13)20-2/h3-10,17,19H,1-2H3. The zero-order valence-electron chi connectivity index (χ0n) is 11.8. The van der Waals surface area contributed by atoms with Crippen molar-refractivity contribution in [1.29, 1.82) is 0 Å². The van der Waals surface area contributed by atoms with Crippen LogP contribution in [0.25, 0.3) is 10.2 Å². The molecule has 0 bridgehead atoms. The summed E-state index contributed by atoms with van der Waals surface area (Å²) in [5.41, 5.74) is 2.96. The molecule has 0 aliphatic rings. The summed E-state index contributed by atoms with van der Waals surface area (Å²) >= 11 is 3.37. The van der Waals surface area contributed by atoms with Gasteiger partial charge in [-0.3, -0.25) is 0 Å². The summed E-state index contributed by atoms with van der Waals surface area (Å²) < 4.78 is 2.25. The summed E-state index contributed by atoms with van der Waals surface area (Å²) in [6, 6.07) is 13.6. The molecule has 0 saturated heterocycles. The highest BCUT2D eigenvalue weighted by atomic mass is 32.2. The molecular weight excluding hydrogens is 300 g/mol. The Hall–Kier alpha value is -1.72. The van der Waals surface area contributed by atoms with Crippen molar-refractivity contribution in [2.24, 2.45) is 0 Å². The van der Waals surface area contributed by atoms with Gasteiger partial charge in [0.2, 0.25) is 0 Å². The van der Waals surface area contributed by atoms with Gasteiger partial charge in [0.1, 0.15) is 5.75 Å². The van der Waals surface area contributed by atoms with Crippen LogP contribution < -0.4 is 5.32 Å². The minimum absolute atomic E-state index is 0.0385. The lowest BCUT2D eigenvalue weighted by Crippen LogP contribution is -2.06. The quantitative estimate of drug-likeness (QED) is 0.672. The van der Waals surface area contributed by atoms with Crippen LogP contribution in [0.2, 0.25) is 0 Å². The Bertz CT molecular complexity index is 770. The molecule has 1 aromatic heterocycles. The largest absolute Gasteiger partial charge is 0.508 e. The van der Waals surface area contributed by atoms with Gasteiger partial charge in [-0.15, -0.1) is 11.3 Å². The van der Waals surface area contributed by atoms with Crippen LogP contribution in [0.15, 0.2) is 46.8 Å². The molecule has 0 fully saturated rings. The topological polar surface area (TPSA) is 45.2 Å². The Labute approximate surface area is 132 Å². The third kappa shape index (κ3) is 2.99. The van der Waals surface area contributed by atoms with Crippen LogP contribution in [0.4, 0.5) is 5.69 Å². The summed E-state index contributed by atoms with van der Waals surface area (Å²) in [6.45, 7) is 2.04.